The summed E-state index contributed by atoms with van der Waals surface area (Å²) < 4.78 is 2.12. The molecule has 0 radical (unpaired) electrons. The van der Waals surface area contributed by atoms with Crippen LogP contribution in [0.1, 0.15) is 51.0 Å². The van der Waals surface area contributed by atoms with Crippen LogP contribution in [0, 0.1) is 0 Å². The van der Waals surface area contributed by atoms with E-state index < -0.39 is 0 Å². The lowest BCUT2D eigenvalue weighted by atomic mass is 10.1. The van der Waals surface area contributed by atoms with Crippen molar-refractivity contribution in [3.63, 3.8) is 0 Å². The van der Waals surface area contributed by atoms with E-state index in [9.17, 15) is 0 Å². The SMILES string of the molecule is CNCc1cc(C(C)C)n(C(C)C)n1. The third-order valence-electron chi connectivity index (χ3n) is 2.25. The molecule has 1 heterocycles. The minimum absolute atomic E-state index is 0.443. The summed E-state index contributed by atoms with van der Waals surface area (Å²) in [6, 6.07) is 2.64. The van der Waals surface area contributed by atoms with Crippen LogP contribution >= 0.6 is 0 Å². The third-order valence-corrected chi connectivity index (χ3v) is 2.25. The molecule has 80 valence electrons. The van der Waals surface area contributed by atoms with Gasteiger partial charge in [0.05, 0.1) is 5.69 Å². The van der Waals surface area contributed by atoms with Crippen LogP contribution in [0.3, 0.4) is 0 Å². The molecule has 1 aromatic heterocycles. The Morgan fingerprint density at radius 1 is 1.36 bits per heavy atom. The second kappa shape index (κ2) is 4.60. The molecule has 14 heavy (non-hydrogen) atoms. The van der Waals surface area contributed by atoms with Crippen LogP contribution in [0.15, 0.2) is 6.07 Å². The van der Waals surface area contributed by atoms with Crippen molar-refractivity contribution in [2.24, 2.45) is 0 Å². The Morgan fingerprint density at radius 2 is 2.00 bits per heavy atom. The fourth-order valence-corrected chi connectivity index (χ4v) is 1.57. The lowest BCUT2D eigenvalue weighted by Crippen LogP contribution is -2.10. The van der Waals surface area contributed by atoms with Crippen molar-refractivity contribution < 1.29 is 0 Å². The molecule has 0 amide bonds. The summed E-state index contributed by atoms with van der Waals surface area (Å²) in [5, 5.41) is 7.70. The number of hydrogen-bond donors (Lipinski definition) is 1. The highest BCUT2D eigenvalue weighted by atomic mass is 15.3. The van der Waals surface area contributed by atoms with Crippen molar-refractivity contribution in [3.05, 3.63) is 17.5 Å². The first-order valence-electron chi connectivity index (χ1n) is 5.29. The number of rotatable bonds is 4. The van der Waals surface area contributed by atoms with E-state index in [1.807, 2.05) is 7.05 Å². The van der Waals surface area contributed by atoms with Crippen molar-refractivity contribution in [1.82, 2.24) is 15.1 Å². The molecule has 1 N–H and O–H groups in total. The van der Waals surface area contributed by atoms with E-state index in [0.717, 1.165) is 12.2 Å². The third kappa shape index (κ3) is 2.35. The molecule has 1 rings (SSSR count). The standard InChI is InChI=1S/C11H21N3/c1-8(2)11-6-10(7-12-5)13-14(11)9(3)4/h6,8-9,12H,7H2,1-5H3. The summed E-state index contributed by atoms with van der Waals surface area (Å²) >= 11 is 0. The zero-order valence-electron chi connectivity index (χ0n) is 9.83. The molecular formula is C11H21N3. The van der Waals surface area contributed by atoms with Gasteiger partial charge in [0.15, 0.2) is 0 Å². The average molecular weight is 195 g/mol. The molecule has 0 unspecified atom stereocenters. The normalized spacial score (nSPS) is 11.6. The molecule has 0 aliphatic rings. The zero-order chi connectivity index (χ0) is 10.7. The van der Waals surface area contributed by atoms with Gasteiger partial charge in [-0.1, -0.05) is 13.8 Å². The van der Waals surface area contributed by atoms with Gasteiger partial charge < -0.3 is 5.32 Å². The molecule has 0 fully saturated rings. The Bertz CT molecular complexity index is 261. The molecular weight excluding hydrogens is 174 g/mol. The van der Waals surface area contributed by atoms with E-state index in [0.29, 0.717) is 12.0 Å². The highest BCUT2D eigenvalue weighted by Gasteiger charge is 2.12. The smallest absolute Gasteiger partial charge is 0.0765 e. The fraction of sp³-hybridized carbons (Fsp3) is 0.727. The fourth-order valence-electron chi connectivity index (χ4n) is 1.57. The van der Waals surface area contributed by atoms with E-state index in [-0.39, 0.29) is 0 Å². The minimum Gasteiger partial charge on any atom is -0.314 e. The maximum absolute atomic E-state index is 4.57. The van der Waals surface area contributed by atoms with Crippen molar-refractivity contribution in [2.75, 3.05) is 7.05 Å². The number of nitrogens with one attached hydrogen (secondary N) is 1. The Morgan fingerprint density at radius 3 is 2.36 bits per heavy atom. The van der Waals surface area contributed by atoms with Gasteiger partial charge in [-0.05, 0) is 32.9 Å². The van der Waals surface area contributed by atoms with Gasteiger partial charge in [-0.25, -0.2) is 0 Å². The van der Waals surface area contributed by atoms with E-state index in [1.54, 1.807) is 0 Å². The van der Waals surface area contributed by atoms with Gasteiger partial charge >= 0.3 is 0 Å². The summed E-state index contributed by atoms with van der Waals surface area (Å²) in [5.41, 5.74) is 2.45. The highest BCUT2D eigenvalue weighted by Crippen LogP contribution is 2.19. The Balaban J connectivity index is 3.00. The van der Waals surface area contributed by atoms with Crippen LogP contribution in [0.4, 0.5) is 0 Å². The predicted octanol–water partition coefficient (Wildman–Crippen LogP) is 2.31. The minimum atomic E-state index is 0.443. The van der Waals surface area contributed by atoms with E-state index in [2.05, 4.69) is 48.9 Å². The summed E-state index contributed by atoms with van der Waals surface area (Å²) in [7, 11) is 1.95. The highest BCUT2D eigenvalue weighted by molar-refractivity contribution is 5.14. The van der Waals surface area contributed by atoms with Gasteiger partial charge in [0.25, 0.3) is 0 Å². The molecule has 0 saturated heterocycles. The Hall–Kier alpha value is -0.830. The summed E-state index contributed by atoms with van der Waals surface area (Å²) in [4.78, 5) is 0. The first-order valence-corrected chi connectivity index (χ1v) is 5.29. The predicted molar refractivity (Wildman–Crippen MR) is 59.5 cm³/mol. The van der Waals surface area contributed by atoms with Gasteiger partial charge in [0, 0.05) is 18.3 Å². The molecule has 3 heteroatoms. The molecule has 0 spiro atoms. The molecule has 0 aromatic carbocycles. The molecule has 0 atom stereocenters. The van der Waals surface area contributed by atoms with Crippen molar-refractivity contribution >= 4 is 0 Å². The topological polar surface area (TPSA) is 29.9 Å². The van der Waals surface area contributed by atoms with Crippen LogP contribution in [0.5, 0.6) is 0 Å². The summed E-state index contributed by atoms with van der Waals surface area (Å²) in [6.45, 7) is 9.60. The van der Waals surface area contributed by atoms with Crippen molar-refractivity contribution in [1.29, 1.82) is 0 Å². The van der Waals surface area contributed by atoms with Gasteiger partial charge in [0.2, 0.25) is 0 Å². The largest absolute Gasteiger partial charge is 0.314 e. The molecule has 1 aromatic rings. The van der Waals surface area contributed by atoms with Crippen molar-refractivity contribution in [2.45, 2.75) is 46.2 Å². The Kier molecular flexibility index (Phi) is 3.69. The maximum Gasteiger partial charge on any atom is 0.0765 e. The van der Waals surface area contributed by atoms with Crippen LogP contribution in [-0.4, -0.2) is 16.8 Å². The van der Waals surface area contributed by atoms with Crippen molar-refractivity contribution in [3.8, 4) is 0 Å². The number of nitrogens with zero attached hydrogens (tertiary/aromatic N) is 2. The zero-order valence-corrected chi connectivity index (χ0v) is 9.83. The molecule has 3 nitrogen and oxygen atoms in total. The van der Waals surface area contributed by atoms with Crippen LogP contribution in [0.2, 0.25) is 0 Å². The van der Waals surface area contributed by atoms with Gasteiger partial charge in [-0.3, -0.25) is 4.68 Å². The van der Waals surface area contributed by atoms with Gasteiger partial charge in [-0.2, -0.15) is 5.10 Å². The monoisotopic (exact) mass is 195 g/mol. The molecule has 0 aliphatic heterocycles. The van der Waals surface area contributed by atoms with E-state index in [4.69, 9.17) is 0 Å². The molecule has 0 aliphatic carbocycles. The molecule has 0 bridgehead atoms. The quantitative estimate of drug-likeness (QED) is 0.799. The van der Waals surface area contributed by atoms with Gasteiger partial charge in [0.1, 0.15) is 0 Å². The Labute approximate surface area is 86.5 Å². The van der Waals surface area contributed by atoms with E-state index >= 15 is 0 Å². The van der Waals surface area contributed by atoms with Crippen LogP contribution in [0.25, 0.3) is 0 Å². The lowest BCUT2D eigenvalue weighted by molar-refractivity contribution is 0.492. The second-order valence-electron chi connectivity index (χ2n) is 4.28. The average Bonchev–Trinajstić information content (AvgIpc) is 2.49. The maximum atomic E-state index is 4.57. The second-order valence-corrected chi connectivity index (χ2v) is 4.28. The lowest BCUT2D eigenvalue weighted by Gasteiger charge is -2.12. The summed E-state index contributed by atoms with van der Waals surface area (Å²) in [5.74, 6) is 0.538. The first kappa shape index (κ1) is 11.2. The molecule has 0 saturated carbocycles. The van der Waals surface area contributed by atoms with E-state index in [1.165, 1.54) is 5.69 Å². The number of aromatic nitrogens is 2. The van der Waals surface area contributed by atoms with Gasteiger partial charge in [-0.15, -0.1) is 0 Å². The van der Waals surface area contributed by atoms with Crippen LogP contribution < -0.4 is 5.32 Å². The van der Waals surface area contributed by atoms with Crippen LogP contribution in [-0.2, 0) is 6.54 Å². The number of hydrogen-bond acceptors (Lipinski definition) is 2. The first-order chi connectivity index (χ1) is 6.56. The summed E-state index contributed by atoms with van der Waals surface area (Å²) in [6.07, 6.45) is 0.